The lowest BCUT2D eigenvalue weighted by Gasteiger charge is -1.97. The van der Waals surface area contributed by atoms with Gasteiger partial charge in [-0.1, -0.05) is 0 Å². The van der Waals surface area contributed by atoms with Crippen LogP contribution in [0.5, 0.6) is 5.88 Å². The number of aromatic nitrogens is 3. The van der Waals surface area contributed by atoms with Crippen LogP contribution in [0.4, 0.5) is 5.13 Å². The third-order valence-electron chi connectivity index (χ3n) is 1.62. The van der Waals surface area contributed by atoms with Gasteiger partial charge in [-0.15, -0.1) is 11.3 Å². The maximum Gasteiger partial charge on any atom is 0.232 e. The summed E-state index contributed by atoms with van der Waals surface area (Å²) in [5, 5.41) is 2.36. The minimum Gasteiger partial charge on any atom is -0.480 e. The Balaban J connectivity index is 2.33. The van der Waals surface area contributed by atoms with E-state index < -0.39 is 0 Å². The summed E-state index contributed by atoms with van der Waals surface area (Å²) in [6.45, 7) is 0. The van der Waals surface area contributed by atoms with Gasteiger partial charge in [0.15, 0.2) is 5.13 Å². The van der Waals surface area contributed by atoms with E-state index in [0.29, 0.717) is 16.7 Å². The number of nitrogens with two attached hydrogens (primary N) is 1. The number of nitrogen functional groups attached to an aromatic ring is 1. The lowest BCUT2D eigenvalue weighted by molar-refractivity contribution is 0.396. The molecule has 0 amide bonds. The molecule has 0 aliphatic heterocycles. The first kappa shape index (κ1) is 8.89. The molecular formula is C8H8N4OS. The van der Waals surface area contributed by atoms with Gasteiger partial charge < -0.3 is 10.5 Å². The van der Waals surface area contributed by atoms with Crippen molar-refractivity contribution in [3.05, 3.63) is 17.8 Å². The third-order valence-corrected chi connectivity index (χ3v) is 2.30. The summed E-state index contributed by atoms with van der Waals surface area (Å²) in [6, 6.07) is 0. The van der Waals surface area contributed by atoms with Gasteiger partial charge in [-0.3, -0.25) is 0 Å². The minimum atomic E-state index is 0.483. The van der Waals surface area contributed by atoms with Crippen molar-refractivity contribution in [2.45, 2.75) is 0 Å². The van der Waals surface area contributed by atoms with Gasteiger partial charge in [0, 0.05) is 5.38 Å². The normalized spacial score (nSPS) is 10.1. The molecule has 0 unspecified atom stereocenters. The molecule has 0 aliphatic rings. The number of nitrogens with zero attached hydrogens (tertiary/aromatic N) is 3. The van der Waals surface area contributed by atoms with Crippen LogP contribution in [0.3, 0.4) is 0 Å². The first-order valence-electron chi connectivity index (χ1n) is 3.87. The van der Waals surface area contributed by atoms with Crippen LogP contribution in [0.15, 0.2) is 17.8 Å². The molecule has 6 heteroatoms. The molecule has 5 nitrogen and oxygen atoms in total. The number of methoxy groups -OCH3 is 1. The average molecular weight is 208 g/mol. The Morgan fingerprint density at radius 3 is 2.64 bits per heavy atom. The molecule has 0 bridgehead atoms. The molecule has 0 spiro atoms. The summed E-state index contributed by atoms with van der Waals surface area (Å²) in [6.07, 6.45) is 3.15. The van der Waals surface area contributed by atoms with Gasteiger partial charge in [-0.25, -0.2) is 15.0 Å². The van der Waals surface area contributed by atoms with Crippen molar-refractivity contribution >= 4 is 16.5 Å². The largest absolute Gasteiger partial charge is 0.480 e. The molecule has 14 heavy (non-hydrogen) atoms. The van der Waals surface area contributed by atoms with E-state index in [-0.39, 0.29) is 0 Å². The number of anilines is 1. The molecule has 0 radical (unpaired) electrons. The second-order valence-corrected chi connectivity index (χ2v) is 3.40. The van der Waals surface area contributed by atoms with Crippen molar-refractivity contribution in [2.75, 3.05) is 12.8 Å². The molecule has 2 rings (SSSR count). The van der Waals surface area contributed by atoms with E-state index in [1.807, 2.05) is 5.38 Å². The quantitative estimate of drug-likeness (QED) is 0.802. The summed E-state index contributed by atoms with van der Waals surface area (Å²) < 4.78 is 4.89. The Labute approximate surface area is 84.6 Å². The van der Waals surface area contributed by atoms with E-state index in [1.54, 1.807) is 19.5 Å². The zero-order valence-corrected chi connectivity index (χ0v) is 8.28. The fourth-order valence-electron chi connectivity index (χ4n) is 0.959. The van der Waals surface area contributed by atoms with Crippen LogP contribution in [0.25, 0.3) is 11.4 Å². The molecule has 0 saturated carbocycles. The summed E-state index contributed by atoms with van der Waals surface area (Å²) in [5.41, 5.74) is 6.94. The fraction of sp³-hybridized carbons (Fsp3) is 0.125. The highest BCUT2D eigenvalue weighted by Crippen LogP contribution is 2.20. The predicted molar refractivity (Wildman–Crippen MR) is 54.1 cm³/mol. The lowest BCUT2D eigenvalue weighted by atomic mass is 10.4. The van der Waals surface area contributed by atoms with Gasteiger partial charge in [0.1, 0.15) is 11.4 Å². The van der Waals surface area contributed by atoms with Crippen LogP contribution in [-0.4, -0.2) is 22.1 Å². The van der Waals surface area contributed by atoms with Crippen LogP contribution in [0.2, 0.25) is 0 Å². The predicted octanol–water partition coefficient (Wildman–Crippen LogP) is 1.19. The molecule has 0 fully saturated rings. The van der Waals surface area contributed by atoms with Crippen LogP contribution in [-0.2, 0) is 0 Å². The third kappa shape index (κ3) is 1.64. The standard InChI is InChI=1S/C8H8N4OS/c1-13-7-3-10-5(2-11-7)6-4-14-8(9)12-6/h2-4H,1H3,(H2,9,12). The maximum atomic E-state index is 5.51. The fourth-order valence-corrected chi connectivity index (χ4v) is 1.52. The van der Waals surface area contributed by atoms with Gasteiger partial charge in [-0.2, -0.15) is 0 Å². The maximum absolute atomic E-state index is 5.51. The lowest BCUT2D eigenvalue weighted by Crippen LogP contribution is -1.91. The van der Waals surface area contributed by atoms with Crippen molar-refractivity contribution < 1.29 is 4.74 Å². The molecule has 2 aromatic heterocycles. The highest BCUT2D eigenvalue weighted by molar-refractivity contribution is 7.13. The molecule has 0 atom stereocenters. The first-order valence-corrected chi connectivity index (χ1v) is 4.75. The molecule has 2 aromatic rings. The van der Waals surface area contributed by atoms with Crippen LogP contribution >= 0.6 is 11.3 Å². The van der Waals surface area contributed by atoms with Crippen molar-refractivity contribution in [3.63, 3.8) is 0 Å². The summed E-state index contributed by atoms with van der Waals surface area (Å²) in [4.78, 5) is 12.2. The summed E-state index contributed by atoms with van der Waals surface area (Å²) in [5.74, 6) is 0.483. The van der Waals surface area contributed by atoms with E-state index in [1.165, 1.54) is 11.3 Å². The Bertz CT molecular complexity index is 425. The molecular weight excluding hydrogens is 200 g/mol. The molecule has 0 saturated heterocycles. The zero-order valence-electron chi connectivity index (χ0n) is 7.47. The molecule has 0 aliphatic carbocycles. The van der Waals surface area contributed by atoms with E-state index >= 15 is 0 Å². The average Bonchev–Trinajstić information content (AvgIpc) is 2.65. The van der Waals surface area contributed by atoms with Gasteiger partial charge >= 0.3 is 0 Å². The summed E-state index contributed by atoms with van der Waals surface area (Å²) >= 11 is 1.38. The van der Waals surface area contributed by atoms with E-state index in [0.717, 1.165) is 5.69 Å². The van der Waals surface area contributed by atoms with Gasteiger partial charge in [0.05, 0.1) is 19.5 Å². The van der Waals surface area contributed by atoms with Crippen LogP contribution in [0.1, 0.15) is 0 Å². The van der Waals surface area contributed by atoms with E-state index in [9.17, 15) is 0 Å². The van der Waals surface area contributed by atoms with Crippen molar-refractivity contribution in [2.24, 2.45) is 0 Å². The van der Waals surface area contributed by atoms with E-state index in [2.05, 4.69) is 15.0 Å². The smallest absolute Gasteiger partial charge is 0.232 e. The number of ether oxygens (including phenoxy) is 1. The second kappa shape index (κ2) is 3.59. The Kier molecular flexibility index (Phi) is 2.28. The highest BCUT2D eigenvalue weighted by Gasteiger charge is 2.04. The van der Waals surface area contributed by atoms with Crippen molar-refractivity contribution in [1.29, 1.82) is 0 Å². The summed E-state index contributed by atoms with van der Waals surface area (Å²) in [7, 11) is 1.55. The van der Waals surface area contributed by atoms with Crippen LogP contribution in [0, 0.1) is 0 Å². The molecule has 0 aromatic carbocycles. The monoisotopic (exact) mass is 208 g/mol. The number of rotatable bonds is 2. The highest BCUT2D eigenvalue weighted by atomic mass is 32.1. The van der Waals surface area contributed by atoms with Gasteiger partial charge in [0.25, 0.3) is 0 Å². The van der Waals surface area contributed by atoms with Gasteiger partial charge in [-0.05, 0) is 0 Å². The molecule has 2 N–H and O–H groups in total. The number of hydrogen-bond donors (Lipinski definition) is 1. The Morgan fingerprint density at radius 2 is 2.14 bits per heavy atom. The topological polar surface area (TPSA) is 73.9 Å². The first-order chi connectivity index (χ1) is 6.79. The van der Waals surface area contributed by atoms with Crippen LogP contribution < -0.4 is 10.5 Å². The van der Waals surface area contributed by atoms with Crippen molar-refractivity contribution in [1.82, 2.24) is 15.0 Å². The molecule has 72 valence electrons. The van der Waals surface area contributed by atoms with E-state index in [4.69, 9.17) is 10.5 Å². The number of thiazole rings is 1. The molecule has 2 heterocycles. The SMILES string of the molecule is COc1cnc(-c2csc(N)n2)cn1. The second-order valence-electron chi connectivity index (χ2n) is 2.51. The Hall–Kier alpha value is -1.69. The van der Waals surface area contributed by atoms with Gasteiger partial charge in [0.2, 0.25) is 5.88 Å². The number of hydrogen-bond acceptors (Lipinski definition) is 6. The minimum absolute atomic E-state index is 0.483. The zero-order chi connectivity index (χ0) is 9.97. The Morgan fingerprint density at radius 1 is 1.29 bits per heavy atom. The van der Waals surface area contributed by atoms with Crippen molar-refractivity contribution in [3.8, 4) is 17.3 Å².